The molecule has 1 saturated heterocycles. The second-order valence-corrected chi connectivity index (χ2v) is 5.95. The second kappa shape index (κ2) is 6.37. The van der Waals surface area contributed by atoms with E-state index >= 15 is 0 Å². The Kier molecular flexibility index (Phi) is 4.78. The molecule has 1 heterocycles. The summed E-state index contributed by atoms with van der Waals surface area (Å²) in [4.78, 5) is 14.1. The van der Waals surface area contributed by atoms with Crippen LogP contribution in [-0.2, 0) is 20.8 Å². The maximum absolute atomic E-state index is 11.8. The van der Waals surface area contributed by atoms with Crippen molar-refractivity contribution in [2.45, 2.75) is 26.0 Å². The van der Waals surface area contributed by atoms with Crippen LogP contribution in [-0.4, -0.2) is 43.3 Å². The third kappa shape index (κ3) is 4.05. The third-order valence-electron chi connectivity index (χ3n) is 3.54. The van der Waals surface area contributed by atoms with Crippen molar-refractivity contribution in [1.29, 1.82) is 0 Å². The molecule has 20 heavy (non-hydrogen) atoms. The van der Waals surface area contributed by atoms with E-state index in [-0.39, 0.29) is 17.5 Å². The smallest absolute Gasteiger partial charge is 0.312 e. The van der Waals surface area contributed by atoms with Crippen LogP contribution in [0.25, 0.3) is 0 Å². The Bertz CT molecular complexity index is 444. The van der Waals surface area contributed by atoms with Crippen LogP contribution in [0.4, 0.5) is 0 Å². The summed E-state index contributed by atoms with van der Waals surface area (Å²) in [5.74, 6) is -0.411. The zero-order valence-corrected chi connectivity index (χ0v) is 12.5. The summed E-state index contributed by atoms with van der Waals surface area (Å²) in [5, 5.41) is 0. The van der Waals surface area contributed by atoms with Gasteiger partial charge in [0, 0.05) is 19.6 Å². The SMILES string of the molecule is COC(=O)C1COC(C)(C)CN(Cc2ccccc2)C1. The zero-order chi connectivity index (χ0) is 14.6. The normalized spacial score (nSPS) is 23.1. The van der Waals surface area contributed by atoms with Crippen molar-refractivity contribution >= 4 is 5.97 Å². The summed E-state index contributed by atoms with van der Waals surface area (Å²) in [6, 6.07) is 10.3. The van der Waals surface area contributed by atoms with Gasteiger partial charge in [-0.25, -0.2) is 0 Å². The Morgan fingerprint density at radius 1 is 1.40 bits per heavy atom. The maximum atomic E-state index is 11.8. The van der Waals surface area contributed by atoms with Crippen molar-refractivity contribution in [3.05, 3.63) is 35.9 Å². The van der Waals surface area contributed by atoms with E-state index in [1.165, 1.54) is 12.7 Å². The van der Waals surface area contributed by atoms with Crippen LogP contribution in [0.5, 0.6) is 0 Å². The third-order valence-corrected chi connectivity index (χ3v) is 3.54. The van der Waals surface area contributed by atoms with E-state index in [2.05, 4.69) is 30.9 Å². The van der Waals surface area contributed by atoms with Gasteiger partial charge in [-0.1, -0.05) is 30.3 Å². The summed E-state index contributed by atoms with van der Waals surface area (Å²) < 4.78 is 10.7. The topological polar surface area (TPSA) is 38.8 Å². The quantitative estimate of drug-likeness (QED) is 0.793. The molecule has 0 spiro atoms. The fourth-order valence-electron chi connectivity index (χ4n) is 2.61. The van der Waals surface area contributed by atoms with Gasteiger partial charge in [0.15, 0.2) is 0 Å². The number of nitrogens with zero attached hydrogens (tertiary/aromatic N) is 1. The van der Waals surface area contributed by atoms with Crippen LogP contribution in [0, 0.1) is 5.92 Å². The van der Waals surface area contributed by atoms with Gasteiger partial charge >= 0.3 is 5.97 Å². The predicted octanol–water partition coefficient (Wildman–Crippen LogP) is 2.09. The highest BCUT2D eigenvalue weighted by molar-refractivity contribution is 5.72. The Hall–Kier alpha value is -1.39. The predicted molar refractivity (Wildman–Crippen MR) is 77.3 cm³/mol. The molecule has 0 radical (unpaired) electrons. The highest BCUT2D eigenvalue weighted by Crippen LogP contribution is 2.21. The summed E-state index contributed by atoms with van der Waals surface area (Å²) in [6.07, 6.45) is 0. The fraction of sp³-hybridized carbons (Fsp3) is 0.562. The van der Waals surface area contributed by atoms with E-state index in [1.807, 2.05) is 18.2 Å². The number of methoxy groups -OCH3 is 1. The minimum absolute atomic E-state index is 0.194. The average molecular weight is 277 g/mol. The molecule has 0 aromatic heterocycles. The number of benzene rings is 1. The molecule has 1 atom stereocenters. The summed E-state index contributed by atoms with van der Waals surface area (Å²) >= 11 is 0. The van der Waals surface area contributed by atoms with Crippen LogP contribution in [0.15, 0.2) is 30.3 Å². The lowest BCUT2D eigenvalue weighted by atomic mass is 10.1. The minimum Gasteiger partial charge on any atom is -0.469 e. The number of rotatable bonds is 3. The number of carbonyl (C=O) groups excluding carboxylic acids is 1. The van der Waals surface area contributed by atoms with E-state index in [9.17, 15) is 4.79 Å². The molecule has 1 aromatic rings. The molecule has 2 rings (SSSR count). The lowest BCUT2D eigenvalue weighted by Crippen LogP contribution is -2.38. The van der Waals surface area contributed by atoms with Crippen molar-refractivity contribution < 1.29 is 14.3 Å². The van der Waals surface area contributed by atoms with Gasteiger partial charge in [-0.3, -0.25) is 9.69 Å². The Labute approximate surface area is 120 Å². The first-order valence-electron chi connectivity index (χ1n) is 6.98. The first-order chi connectivity index (χ1) is 9.50. The highest BCUT2D eigenvalue weighted by atomic mass is 16.5. The molecule has 1 aliphatic rings. The molecular weight excluding hydrogens is 254 g/mol. The molecule has 1 aromatic carbocycles. The summed E-state index contributed by atoms with van der Waals surface area (Å²) in [7, 11) is 1.43. The van der Waals surface area contributed by atoms with Crippen molar-refractivity contribution in [3.63, 3.8) is 0 Å². The minimum atomic E-state index is -0.252. The summed E-state index contributed by atoms with van der Waals surface area (Å²) in [5.41, 5.74) is 0.992. The van der Waals surface area contributed by atoms with E-state index in [0.717, 1.165) is 13.1 Å². The van der Waals surface area contributed by atoms with Gasteiger partial charge in [0.2, 0.25) is 0 Å². The number of esters is 1. The van der Waals surface area contributed by atoms with Crippen LogP contribution in [0.2, 0.25) is 0 Å². The Balaban J connectivity index is 2.10. The van der Waals surface area contributed by atoms with Gasteiger partial charge in [-0.15, -0.1) is 0 Å². The average Bonchev–Trinajstić information content (AvgIpc) is 2.57. The monoisotopic (exact) mass is 277 g/mol. The van der Waals surface area contributed by atoms with Crippen molar-refractivity contribution in [2.75, 3.05) is 26.8 Å². The van der Waals surface area contributed by atoms with E-state index in [1.54, 1.807) is 0 Å². The van der Waals surface area contributed by atoms with Crippen molar-refractivity contribution in [1.82, 2.24) is 4.90 Å². The van der Waals surface area contributed by atoms with Gasteiger partial charge in [-0.05, 0) is 19.4 Å². The molecule has 0 N–H and O–H groups in total. The van der Waals surface area contributed by atoms with Gasteiger partial charge in [0.05, 0.1) is 25.2 Å². The Morgan fingerprint density at radius 2 is 2.10 bits per heavy atom. The molecule has 0 saturated carbocycles. The van der Waals surface area contributed by atoms with E-state index in [4.69, 9.17) is 9.47 Å². The molecule has 0 aliphatic carbocycles. The molecule has 4 heteroatoms. The first-order valence-corrected chi connectivity index (χ1v) is 6.98. The number of hydrogen-bond acceptors (Lipinski definition) is 4. The van der Waals surface area contributed by atoms with E-state index in [0.29, 0.717) is 13.2 Å². The van der Waals surface area contributed by atoms with Gasteiger partial charge < -0.3 is 9.47 Å². The van der Waals surface area contributed by atoms with Crippen LogP contribution in [0.1, 0.15) is 19.4 Å². The fourth-order valence-corrected chi connectivity index (χ4v) is 2.61. The largest absolute Gasteiger partial charge is 0.469 e. The maximum Gasteiger partial charge on any atom is 0.312 e. The van der Waals surface area contributed by atoms with Gasteiger partial charge in [-0.2, -0.15) is 0 Å². The number of carbonyl (C=O) groups is 1. The lowest BCUT2D eigenvalue weighted by molar-refractivity contribution is -0.148. The Morgan fingerprint density at radius 3 is 2.75 bits per heavy atom. The molecule has 4 nitrogen and oxygen atoms in total. The number of hydrogen-bond donors (Lipinski definition) is 0. The number of ether oxygens (including phenoxy) is 2. The zero-order valence-electron chi connectivity index (χ0n) is 12.5. The van der Waals surface area contributed by atoms with Crippen molar-refractivity contribution in [3.8, 4) is 0 Å². The van der Waals surface area contributed by atoms with Crippen LogP contribution in [0.3, 0.4) is 0 Å². The molecular formula is C16H23NO3. The standard InChI is InChI=1S/C16H23NO3/c1-16(2)12-17(9-13-7-5-4-6-8-13)10-14(11-20-16)15(18)19-3/h4-8,14H,9-12H2,1-3H3. The second-order valence-electron chi connectivity index (χ2n) is 5.95. The van der Waals surface area contributed by atoms with Crippen LogP contribution < -0.4 is 0 Å². The van der Waals surface area contributed by atoms with Crippen LogP contribution >= 0.6 is 0 Å². The molecule has 1 fully saturated rings. The van der Waals surface area contributed by atoms with Crippen molar-refractivity contribution in [2.24, 2.45) is 5.92 Å². The van der Waals surface area contributed by atoms with Gasteiger partial charge in [0.25, 0.3) is 0 Å². The molecule has 0 amide bonds. The molecule has 1 aliphatic heterocycles. The summed E-state index contributed by atoms with van der Waals surface area (Å²) in [6.45, 7) is 6.84. The molecule has 110 valence electrons. The van der Waals surface area contributed by atoms with E-state index < -0.39 is 0 Å². The highest BCUT2D eigenvalue weighted by Gasteiger charge is 2.33. The lowest BCUT2D eigenvalue weighted by Gasteiger charge is -2.29. The molecule has 1 unspecified atom stereocenters. The van der Waals surface area contributed by atoms with Gasteiger partial charge in [0.1, 0.15) is 0 Å². The molecule has 0 bridgehead atoms. The first kappa shape index (κ1) is 15.0.